The third kappa shape index (κ3) is 8.59. The molecule has 4 heterocycles. The van der Waals surface area contributed by atoms with Gasteiger partial charge in [-0.1, -0.05) is 48.5 Å². The Hall–Kier alpha value is -6.13. The van der Waals surface area contributed by atoms with Crippen LogP contribution in [-0.2, 0) is 29.7 Å². The van der Waals surface area contributed by atoms with Crippen LogP contribution in [0.15, 0.2) is 124 Å². The van der Waals surface area contributed by atoms with Gasteiger partial charge in [0.25, 0.3) is 11.1 Å². The molecule has 0 radical (unpaired) electrons. The number of aliphatic hydroxyl groups is 1. The van der Waals surface area contributed by atoms with Gasteiger partial charge in [0.1, 0.15) is 34.8 Å². The number of fused-ring (bicyclic) bond motifs is 2. The van der Waals surface area contributed by atoms with Gasteiger partial charge in [-0.2, -0.15) is 9.32 Å². The van der Waals surface area contributed by atoms with E-state index in [1.165, 1.54) is 16.2 Å². The molecule has 0 amide bonds. The van der Waals surface area contributed by atoms with Gasteiger partial charge in [0, 0.05) is 49.6 Å². The molecule has 52 heavy (non-hydrogen) atoms. The molecular formula is C37H33N7O7S. The highest BCUT2D eigenvalue weighted by Gasteiger charge is 2.13. The highest BCUT2D eigenvalue weighted by atomic mass is 32.2. The van der Waals surface area contributed by atoms with Crippen LogP contribution in [0, 0.1) is 0 Å². The van der Waals surface area contributed by atoms with E-state index in [0.29, 0.717) is 51.1 Å². The normalized spacial score (nSPS) is 10.8. The van der Waals surface area contributed by atoms with E-state index in [4.69, 9.17) is 18.9 Å². The van der Waals surface area contributed by atoms with Crippen LogP contribution in [0.3, 0.4) is 0 Å². The van der Waals surface area contributed by atoms with Gasteiger partial charge >= 0.3 is 0 Å². The number of hydrogen-bond acceptors (Lipinski definition) is 13. The fraction of sp³-hybridized carbons (Fsp3) is 0.135. The Labute approximate surface area is 301 Å². The number of benzene rings is 3. The van der Waals surface area contributed by atoms with Crippen molar-refractivity contribution in [2.45, 2.75) is 11.6 Å². The number of aliphatic hydroxyl groups excluding tert-OH is 1. The molecule has 15 heteroatoms. The summed E-state index contributed by atoms with van der Waals surface area (Å²) >= 11 is 0.866. The van der Waals surface area contributed by atoms with Gasteiger partial charge < -0.3 is 19.9 Å². The SMILES string of the molecule is COOSc1ncc2cc(Oc3ccccc3)c(=O)n(C)c2n1.Cn1c(=O)c(Oc2ccccc2)cc2cnc(Nc3ccc(CCO)cc3)nc21. The lowest BCUT2D eigenvalue weighted by molar-refractivity contribution is -0.160. The van der Waals surface area contributed by atoms with Crippen LogP contribution in [0.5, 0.6) is 23.0 Å². The Morgan fingerprint density at radius 2 is 1.27 bits per heavy atom. The van der Waals surface area contributed by atoms with Crippen LogP contribution in [-0.4, -0.2) is 47.9 Å². The maximum absolute atomic E-state index is 12.7. The second kappa shape index (κ2) is 16.7. The van der Waals surface area contributed by atoms with Crippen molar-refractivity contribution in [3.63, 3.8) is 0 Å². The molecule has 0 atom stereocenters. The van der Waals surface area contributed by atoms with Crippen molar-refractivity contribution in [1.29, 1.82) is 0 Å². The van der Waals surface area contributed by atoms with Crippen LogP contribution in [0.25, 0.3) is 22.1 Å². The molecule has 7 aromatic rings. The molecule has 0 bridgehead atoms. The first-order valence-corrected chi connectivity index (χ1v) is 16.6. The Morgan fingerprint density at radius 1 is 0.731 bits per heavy atom. The number of pyridine rings is 2. The molecule has 0 spiro atoms. The number of nitrogens with zero attached hydrogens (tertiary/aromatic N) is 6. The van der Waals surface area contributed by atoms with Gasteiger partial charge in [0.05, 0.1) is 7.11 Å². The zero-order valence-corrected chi connectivity index (χ0v) is 29.1. The van der Waals surface area contributed by atoms with Gasteiger partial charge in [-0.05, 0) is 60.5 Å². The number of para-hydroxylation sites is 2. The van der Waals surface area contributed by atoms with E-state index in [2.05, 4.69) is 30.1 Å². The lowest BCUT2D eigenvalue weighted by atomic mass is 10.1. The average molecular weight is 720 g/mol. The first-order valence-electron chi connectivity index (χ1n) is 15.9. The Balaban J connectivity index is 0.000000183. The maximum atomic E-state index is 12.7. The number of nitrogens with one attached hydrogen (secondary N) is 1. The van der Waals surface area contributed by atoms with Crippen molar-refractivity contribution in [2.24, 2.45) is 14.1 Å². The first-order chi connectivity index (χ1) is 25.3. The molecule has 3 aromatic carbocycles. The molecule has 0 saturated heterocycles. The maximum Gasteiger partial charge on any atom is 0.294 e. The summed E-state index contributed by atoms with van der Waals surface area (Å²) < 4.78 is 19.0. The first kappa shape index (κ1) is 35.7. The highest BCUT2D eigenvalue weighted by molar-refractivity contribution is 7.94. The number of aromatic nitrogens is 6. The van der Waals surface area contributed by atoms with E-state index in [-0.39, 0.29) is 29.2 Å². The lowest BCUT2D eigenvalue weighted by Crippen LogP contribution is -2.19. The molecular weight excluding hydrogens is 687 g/mol. The molecule has 0 fully saturated rings. The van der Waals surface area contributed by atoms with E-state index in [1.807, 2.05) is 60.7 Å². The average Bonchev–Trinajstić information content (AvgIpc) is 3.17. The summed E-state index contributed by atoms with van der Waals surface area (Å²) in [6.45, 7) is 0.116. The molecule has 0 saturated carbocycles. The summed E-state index contributed by atoms with van der Waals surface area (Å²) in [5, 5.41) is 13.9. The van der Waals surface area contributed by atoms with Crippen molar-refractivity contribution in [3.8, 4) is 23.0 Å². The van der Waals surface area contributed by atoms with Crippen LogP contribution >= 0.6 is 12.0 Å². The summed E-state index contributed by atoms with van der Waals surface area (Å²) in [6, 6.07) is 29.2. The Bertz CT molecular complexity index is 2410. The standard InChI is InChI=1S/C22H20N4O3.C15H13N3O4S/c1-26-20-16(13-19(21(26)28)29-18-5-3-2-4-6-18)14-23-22(25-20)24-17-9-7-15(8-10-17)11-12-27;1-18-13-10(9-16-15(17-13)23-22-20-2)8-12(14(18)19)21-11-6-4-3-5-7-11/h2-10,13-14,27H,11-12H2,1H3,(H,23,24,25);3-9H,1-2H3. The molecule has 7 rings (SSSR count). The summed E-state index contributed by atoms with van der Waals surface area (Å²) in [4.78, 5) is 46.9. The van der Waals surface area contributed by atoms with Gasteiger partial charge in [0.2, 0.25) is 11.1 Å². The van der Waals surface area contributed by atoms with Crippen molar-refractivity contribution in [1.82, 2.24) is 29.1 Å². The van der Waals surface area contributed by atoms with Crippen LogP contribution in [0.2, 0.25) is 0 Å². The largest absolute Gasteiger partial charge is 0.452 e. The summed E-state index contributed by atoms with van der Waals surface area (Å²) in [5.41, 5.74) is 2.28. The zero-order valence-electron chi connectivity index (χ0n) is 28.3. The minimum atomic E-state index is -0.288. The van der Waals surface area contributed by atoms with E-state index in [0.717, 1.165) is 23.3 Å². The van der Waals surface area contributed by atoms with Gasteiger partial charge in [-0.25, -0.2) is 19.8 Å². The summed E-state index contributed by atoms with van der Waals surface area (Å²) in [7, 11) is 4.67. The quantitative estimate of drug-likeness (QED) is 0.0682. The fourth-order valence-electron chi connectivity index (χ4n) is 4.97. The molecule has 14 nitrogen and oxygen atoms in total. The Morgan fingerprint density at radius 3 is 1.81 bits per heavy atom. The topological polar surface area (TPSA) is 165 Å². The monoisotopic (exact) mass is 719 g/mol. The van der Waals surface area contributed by atoms with Crippen LogP contribution in [0.4, 0.5) is 11.6 Å². The number of anilines is 2. The summed E-state index contributed by atoms with van der Waals surface area (Å²) in [5.74, 6) is 2.00. The van der Waals surface area contributed by atoms with E-state index < -0.39 is 0 Å². The van der Waals surface area contributed by atoms with Crippen molar-refractivity contribution in [3.05, 3.63) is 136 Å². The minimum Gasteiger partial charge on any atom is -0.452 e. The summed E-state index contributed by atoms with van der Waals surface area (Å²) in [6.07, 6.45) is 3.87. The van der Waals surface area contributed by atoms with Crippen molar-refractivity contribution in [2.75, 3.05) is 19.0 Å². The molecule has 0 aliphatic carbocycles. The predicted molar refractivity (Wildman–Crippen MR) is 197 cm³/mol. The third-order valence-corrected chi connectivity index (χ3v) is 8.09. The second-order valence-corrected chi connectivity index (χ2v) is 11.8. The van der Waals surface area contributed by atoms with E-state index in [1.54, 1.807) is 62.9 Å². The fourth-order valence-corrected chi connectivity index (χ4v) is 5.32. The number of hydrogen-bond donors (Lipinski definition) is 2. The van der Waals surface area contributed by atoms with Gasteiger partial charge in [-0.3, -0.25) is 18.7 Å². The Kier molecular flexibility index (Phi) is 11.5. The number of aryl methyl sites for hydroxylation is 2. The zero-order chi connectivity index (χ0) is 36.5. The van der Waals surface area contributed by atoms with Gasteiger partial charge in [0.15, 0.2) is 11.5 Å². The molecule has 0 aliphatic rings. The van der Waals surface area contributed by atoms with Crippen molar-refractivity contribution < 1.29 is 23.8 Å². The minimum absolute atomic E-state index is 0.116. The number of rotatable bonds is 11. The predicted octanol–water partition coefficient (Wildman–Crippen LogP) is 6.11. The molecule has 0 aliphatic heterocycles. The number of ether oxygens (including phenoxy) is 2. The second-order valence-electron chi connectivity index (χ2n) is 11.1. The highest BCUT2D eigenvalue weighted by Crippen LogP contribution is 2.24. The molecule has 2 N–H and O–H groups in total. The third-order valence-electron chi connectivity index (χ3n) is 7.54. The van der Waals surface area contributed by atoms with Crippen LogP contribution < -0.4 is 25.9 Å². The van der Waals surface area contributed by atoms with Gasteiger partial charge in [-0.15, -0.1) is 0 Å². The van der Waals surface area contributed by atoms with E-state index >= 15 is 0 Å². The van der Waals surface area contributed by atoms with Crippen LogP contribution in [0.1, 0.15) is 5.56 Å². The lowest BCUT2D eigenvalue weighted by Gasteiger charge is -2.11. The smallest absolute Gasteiger partial charge is 0.294 e. The van der Waals surface area contributed by atoms with Crippen molar-refractivity contribution >= 4 is 45.7 Å². The van der Waals surface area contributed by atoms with E-state index in [9.17, 15) is 9.59 Å². The molecule has 0 unspecified atom stereocenters. The molecule has 264 valence electrons. The molecule has 4 aromatic heterocycles.